The molecule has 2 aromatic carbocycles. The number of rotatable bonds is 4. The van der Waals surface area contributed by atoms with Gasteiger partial charge >= 0.3 is 0 Å². The maximum Gasteiger partial charge on any atom is 0.258 e. The fourth-order valence-electron chi connectivity index (χ4n) is 2.76. The zero-order valence-corrected chi connectivity index (χ0v) is 14.3. The Morgan fingerprint density at radius 2 is 2.00 bits per heavy atom. The average Bonchev–Trinajstić information content (AvgIpc) is 3.10. The number of halogens is 1. The van der Waals surface area contributed by atoms with Gasteiger partial charge in [0.15, 0.2) is 0 Å². The molecule has 0 N–H and O–H groups in total. The molecule has 1 atom stereocenters. The van der Waals surface area contributed by atoms with Gasteiger partial charge in [-0.15, -0.1) is 11.8 Å². The van der Waals surface area contributed by atoms with Crippen LogP contribution in [0, 0.1) is 5.82 Å². The number of carbonyl (C=O) groups excluding carboxylic acids is 1. The van der Waals surface area contributed by atoms with Crippen molar-refractivity contribution in [3.8, 4) is 11.5 Å². The lowest BCUT2D eigenvalue weighted by Gasteiger charge is -2.26. The van der Waals surface area contributed by atoms with Crippen molar-refractivity contribution in [1.82, 2.24) is 4.90 Å². The molecule has 1 amide bonds. The van der Waals surface area contributed by atoms with Crippen molar-refractivity contribution in [1.29, 1.82) is 0 Å². The van der Waals surface area contributed by atoms with E-state index in [-0.39, 0.29) is 16.8 Å². The second-order valence-electron chi connectivity index (χ2n) is 5.31. The van der Waals surface area contributed by atoms with Crippen molar-refractivity contribution >= 4 is 17.7 Å². The van der Waals surface area contributed by atoms with Crippen molar-refractivity contribution in [3.05, 3.63) is 59.4 Å². The summed E-state index contributed by atoms with van der Waals surface area (Å²) in [6.07, 6.45) is 0. The fourth-order valence-corrected chi connectivity index (χ4v) is 4.03. The topological polar surface area (TPSA) is 38.8 Å². The van der Waals surface area contributed by atoms with Gasteiger partial charge in [-0.3, -0.25) is 4.79 Å². The van der Waals surface area contributed by atoms with Gasteiger partial charge in [-0.25, -0.2) is 4.39 Å². The van der Waals surface area contributed by atoms with Crippen LogP contribution < -0.4 is 9.47 Å². The zero-order valence-electron chi connectivity index (χ0n) is 13.5. The largest absolute Gasteiger partial charge is 0.497 e. The summed E-state index contributed by atoms with van der Waals surface area (Å²) in [5.41, 5.74) is 0.941. The molecular weight excluding hydrogens is 329 g/mol. The van der Waals surface area contributed by atoms with Crippen LogP contribution >= 0.6 is 11.8 Å². The number of benzene rings is 2. The molecule has 1 heterocycles. The minimum atomic E-state index is -0.504. The normalized spacial score (nSPS) is 17.0. The number of hydrogen-bond acceptors (Lipinski definition) is 4. The highest BCUT2D eigenvalue weighted by atomic mass is 32.2. The van der Waals surface area contributed by atoms with Gasteiger partial charge in [-0.1, -0.05) is 12.1 Å². The van der Waals surface area contributed by atoms with Crippen LogP contribution in [0.2, 0.25) is 0 Å². The highest BCUT2D eigenvalue weighted by molar-refractivity contribution is 7.99. The first-order valence-corrected chi connectivity index (χ1v) is 8.59. The smallest absolute Gasteiger partial charge is 0.258 e. The maximum absolute atomic E-state index is 14.0. The molecule has 0 bridgehead atoms. The Hall–Kier alpha value is -2.21. The predicted octanol–water partition coefficient (Wildman–Crippen LogP) is 3.73. The molecule has 0 unspecified atom stereocenters. The first-order valence-electron chi connectivity index (χ1n) is 7.54. The van der Waals surface area contributed by atoms with E-state index in [0.29, 0.717) is 18.0 Å². The molecule has 0 radical (unpaired) electrons. The van der Waals surface area contributed by atoms with Crippen LogP contribution in [-0.4, -0.2) is 37.3 Å². The summed E-state index contributed by atoms with van der Waals surface area (Å²) >= 11 is 1.63. The Morgan fingerprint density at radius 1 is 1.21 bits per heavy atom. The van der Waals surface area contributed by atoms with E-state index in [0.717, 1.165) is 11.3 Å². The van der Waals surface area contributed by atoms with E-state index in [1.165, 1.54) is 12.1 Å². The minimum absolute atomic E-state index is 0.0897. The van der Waals surface area contributed by atoms with Crippen LogP contribution in [0.15, 0.2) is 42.5 Å². The van der Waals surface area contributed by atoms with E-state index in [2.05, 4.69) is 0 Å². The third kappa shape index (κ3) is 3.06. The van der Waals surface area contributed by atoms with Gasteiger partial charge in [0.2, 0.25) is 0 Å². The standard InChI is InChI=1S/C18H18FNO3S/c1-22-12-7-8-16(23-2)14(11-12)18-20(9-10-24-18)17(21)13-5-3-4-6-15(13)19/h3-8,11,18H,9-10H2,1-2H3/t18-/m0/s1. The minimum Gasteiger partial charge on any atom is -0.497 e. The lowest BCUT2D eigenvalue weighted by atomic mass is 10.1. The number of thioether (sulfide) groups is 1. The number of nitrogens with zero attached hydrogens (tertiary/aromatic N) is 1. The van der Waals surface area contributed by atoms with Crippen molar-refractivity contribution in [2.45, 2.75) is 5.37 Å². The van der Waals surface area contributed by atoms with E-state index in [4.69, 9.17) is 9.47 Å². The van der Waals surface area contributed by atoms with Gasteiger partial charge in [0, 0.05) is 17.9 Å². The van der Waals surface area contributed by atoms with Crippen LogP contribution in [0.1, 0.15) is 21.3 Å². The summed E-state index contributed by atoms with van der Waals surface area (Å²) in [6.45, 7) is 0.558. The van der Waals surface area contributed by atoms with Gasteiger partial charge < -0.3 is 14.4 Å². The molecular formula is C18H18FNO3S. The van der Waals surface area contributed by atoms with Crippen LogP contribution in [0.3, 0.4) is 0 Å². The summed E-state index contributed by atoms with van der Waals surface area (Å²) in [4.78, 5) is 14.5. The molecule has 2 aromatic rings. The number of hydrogen-bond donors (Lipinski definition) is 0. The van der Waals surface area contributed by atoms with Gasteiger partial charge in [0.1, 0.15) is 22.7 Å². The first kappa shape index (κ1) is 16.6. The van der Waals surface area contributed by atoms with Crippen LogP contribution in [-0.2, 0) is 0 Å². The van der Waals surface area contributed by atoms with Gasteiger partial charge in [-0.2, -0.15) is 0 Å². The molecule has 0 aliphatic carbocycles. The maximum atomic E-state index is 14.0. The van der Waals surface area contributed by atoms with E-state index in [1.807, 2.05) is 18.2 Å². The molecule has 1 aliphatic heterocycles. The summed E-state index contributed by atoms with van der Waals surface area (Å²) in [5, 5.41) is -0.234. The molecule has 1 aliphatic rings. The van der Waals surface area contributed by atoms with Crippen LogP contribution in [0.4, 0.5) is 4.39 Å². The third-order valence-electron chi connectivity index (χ3n) is 3.96. The summed E-state index contributed by atoms with van der Waals surface area (Å²) in [6, 6.07) is 11.6. The van der Waals surface area contributed by atoms with Gasteiger partial charge in [0.25, 0.3) is 5.91 Å². The molecule has 0 saturated carbocycles. The Labute approximate surface area is 144 Å². The van der Waals surface area contributed by atoms with Crippen LogP contribution in [0.25, 0.3) is 0 Å². The van der Waals surface area contributed by atoms with Gasteiger partial charge in [-0.05, 0) is 30.3 Å². The zero-order chi connectivity index (χ0) is 17.1. The predicted molar refractivity (Wildman–Crippen MR) is 92.2 cm³/mol. The molecule has 126 valence electrons. The lowest BCUT2D eigenvalue weighted by molar-refractivity contribution is 0.0754. The molecule has 3 rings (SSSR count). The van der Waals surface area contributed by atoms with Crippen molar-refractivity contribution in [2.24, 2.45) is 0 Å². The number of amides is 1. The molecule has 1 saturated heterocycles. The lowest BCUT2D eigenvalue weighted by Crippen LogP contribution is -2.31. The monoisotopic (exact) mass is 347 g/mol. The SMILES string of the molecule is COc1ccc(OC)c([C@@H]2SCCN2C(=O)c2ccccc2F)c1. The molecule has 0 spiro atoms. The number of carbonyl (C=O) groups is 1. The molecule has 6 heteroatoms. The first-order chi connectivity index (χ1) is 11.7. The highest BCUT2D eigenvalue weighted by Crippen LogP contribution is 2.43. The number of methoxy groups -OCH3 is 2. The second kappa shape index (κ2) is 7.13. The fraction of sp³-hybridized carbons (Fsp3) is 0.278. The van der Waals surface area contributed by atoms with Crippen molar-refractivity contribution in [2.75, 3.05) is 26.5 Å². The quantitative estimate of drug-likeness (QED) is 0.845. The van der Waals surface area contributed by atoms with E-state index >= 15 is 0 Å². The Kier molecular flexibility index (Phi) is 4.94. The summed E-state index contributed by atoms with van der Waals surface area (Å²) in [5.74, 6) is 1.34. The molecule has 1 fully saturated rings. The van der Waals surface area contributed by atoms with E-state index < -0.39 is 5.82 Å². The molecule has 4 nitrogen and oxygen atoms in total. The van der Waals surface area contributed by atoms with E-state index in [1.54, 1.807) is 43.0 Å². The van der Waals surface area contributed by atoms with Crippen LogP contribution in [0.5, 0.6) is 11.5 Å². The third-order valence-corrected chi connectivity index (χ3v) is 5.20. The average molecular weight is 347 g/mol. The van der Waals surface area contributed by atoms with Gasteiger partial charge in [0.05, 0.1) is 19.8 Å². The van der Waals surface area contributed by atoms with Crippen molar-refractivity contribution < 1.29 is 18.7 Å². The Bertz CT molecular complexity index is 753. The summed E-state index contributed by atoms with van der Waals surface area (Å²) < 4.78 is 24.7. The second-order valence-corrected chi connectivity index (χ2v) is 6.50. The summed E-state index contributed by atoms with van der Waals surface area (Å²) in [7, 11) is 3.18. The number of ether oxygens (including phenoxy) is 2. The van der Waals surface area contributed by atoms with E-state index in [9.17, 15) is 9.18 Å². The Balaban J connectivity index is 1.97. The highest BCUT2D eigenvalue weighted by Gasteiger charge is 2.34. The Morgan fingerprint density at radius 3 is 2.71 bits per heavy atom. The molecule has 24 heavy (non-hydrogen) atoms. The van der Waals surface area contributed by atoms with Crippen molar-refractivity contribution in [3.63, 3.8) is 0 Å². The molecule has 0 aromatic heterocycles.